The summed E-state index contributed by atoms with van der Waals surface area (Å²) >= 11 is 2.94. The molecule has 2 amide bonds. The van der Waals surface area contributed by atoms with Gasteiger partial charge in [0.1, 0.15) is 12.5 Å². The SMILES string of the molecule is CSc1nc(-c2ccccc2NC(=O)c2cc(C)cs2)c(-c2ccnc(NC(C)=O)c2)n1COCC[Si](C)(C)C. The van der Waals surface area contributed by atoms with E-state index in [1.165, 1.54) is 30.0 Å². The van der Waals surface area contributed by atoms with Gasteiger partial charge in [0.05, 0.1) is 22.0 Å². The Morgan fingerprint density at radius 3 is 2.58 bits per heavy atom. The molecule has 4 aromatic rings. The summed E-state index contributed by atoms with van der Waals surface area (Å²) in [5.41, 5.74) is 4.85. The fraction of sp³-hybridized carbons (Fsp3) is 0.310. The van der Waals surface area contributed by atoms with E-state index in [-0.39, 0.29) is 11.8 Å². The molecule has 2 N–H and O–H groups in total. The van der Waals surface area contributed by atoms with E-state index < -0.39 is 8.07 Å². The van der Waals surface area contributed by atoms with Crippen molar-refractivity contribution in [2.24, 2.45) is 0 Å². The number of anilines is 2. The molecule has 0 bridgehead atoms. The molecule has 3 heterocycles. The van der Waals surface area contributed by atoms with E-state index in [4.69, 9.17) is 9.72 Å². The summed E-state index contributed by atoms with van der Waals surface area (Å²) in [5, 5.41) is 8.61. The number of pyridine rings is 1. The number of benzene rings is 1. The van der Waals surface area contributed by atoms with E-state index in [0.29, 0.717) is 35.4 Å². The molecule has 3 aromatic heterocycles. The van der Waals surface area contributed by atoms with E-state index >= 15 is 0 Å². The van der Waals surface area contributed by atoms with Crippen molar-refractivity contribution in [3.63, 3.8) is 0 Å². The Labute approximate surface area is 244 Å². The minimum Gasteiger partial charge on any atom is -0.361 e. The van der Waals surface area contributed by atoms with Gasteiger partial charge < -0.3 is 15.4 Å². The third-order valence-electron chi connectivity index (χ3n) is 6.05. The minimum absolute atomic E-state index is 0.164. The Hall–Kier alpha value is -3.25. The van der Waals surface area contributed by atoms with Crippen LogP contribution in [0.2, 0.25) is 25.7 Å². The highest BCUT2D eigenvalue weighted by atomic mass is 32.2. The standard InChI is InChI=1S/C29H35N5O3S2Si/c1-19-15-24(39-17-19)28(36)32-23-10-8-7-9-22(23)26-27(21-11-12-30-25(16-21)31-20(2)35)34(29(33-26)38-3)18-37-13-14-40(4,5)6/h7-12,15-17H,13-14,18H2,1-6H3,(H,32,36)(H,30,31,35). The number of para-hydroxylation sites is 1. The van der Waals surface area contributed by atoms with Gasteiger partial charge in [-0.15, -0.1) is 11.3 Å². The predicted octanol–water partition coefficient (Wildman–Crippen LogP) is 7.23. The molecular weight excluding hydrogens is 559 g/mol. The molecule has 210 valence electrons. The summed E-state index contributed by atoms with van der Waals surface area (Å²) in [6, 6.07) is 14.3. The molecular formula is C29H35N5O3S2Si. The molecule has 4 rings (SSSR count). The number of aromatic nitrogens is 3. The number of carbonyl (C=O) groups is 2. The highest BCUT2D eigenvalue weighted by molar-refractivity contribution is 7.98. The first-order valence-corrected chi connectivity index (χ1v) is 18.8. The Balaban J connectivity index is 1.81. The number of ether oxygens (including phenoxy) is 1. The van der Waals surface area contributed by atoms with Gasteiger partial charge in [0.15, 0.2) is 5.16 Å². The van der Waals surface area contributed by atoms with Crippen LogP contribution in [0.4, 0.5) is 11.5 Å². The third-order valence-corrected chi connectivity index (χ3v) is 9.48. The normalized spacial score (nSPS) is 11.4. The minimum atomic E-state index is -1.26. The quantitative estimate of drug-likeness (QED) is 0.108. The molecule has 0 aliphatic heterocycles. The first-order chi connectivity index (χ1) is 19.1. The zero-order chi connectivity index (χ0) is 28.9. The topological polar surface area (TPSA) is 98.1 Å². The van der Waals surface area contributed by atoms with E-state index in [9.17, 15) is 9.59 Å². The number of amides is 2. The molecule has 0 aliphatic rings. The van der Waals surface area contributed by atoms with Crippen molar-refractivity contribution in [1.82, 2.24) is 14.5 Å². The maximum atomic E-state index is 13.1. The Bertz CT molecular complexity index is 1510. The number of hydrogen-bond donors (Lipinski definition) is 2. The lowest BCUT2D eigenvalue weighted by Gasteiger charge is -2.17. The van der Waals surface area contributed by atoms with E-state index in [2.05, 4.69) is 39.8 Å². The number of hydrogen-bond acceptors (Lipinski definition) is 7. The van der Waals surface area contributed by atoms with Crippen molar-refractivity contribution in [1.29, 1.82) is 0 Å². The summed E-state index contributed by atoms with van der Waals surface area (Å²) in [7, 11) is -1.26. The second-order valence-electron chi connectivity index (χ2n) is 10.7. The van der Waals surface area contributed by atoms with Crippen molar-refractivity contribution in [3.8, 4) is 22.5 Å². The van der Waals surface area contributed by atoms with E-state index in [0.717, 1.165) is 33.6 Å². The number of aryl methyl sites for hydroxylation is 1. The first-order valence-electron chi connectivity index (χ1n) is 13.0. The highest BCUT2D eigenvalue weighted by Crippen LogP contribution is 2.39. The van der Waals surface area contributed by atoms with E-state index in [1.807, 2.05) is 61.0 Å². The molecule has 0 saturated carbocycles. The highest BCUT2D eigenvalue weighted by Gasteiger charge is 2.23. The van der Waals surface area contributed by atoms with Crippen LogP contribution in [0.5, 0.6) is 0 Å². The lowest BCUT2D eigenvalue weighted by atomic mass is 10.0. The van der Waals surface area contributed by atoms with Crippen LogP contribution in [-0.4, -0.2) is 47.3 Å². The number of nitrogens with zero attached hydrogens (tertiary/aromatic N) is 3. The lowest BCUT2D eigenvalue weighted by Crippen LogP contribution is -2.22. The Kier molecular flexibility index (Phi) is 9.62. The Morgan fingerprint density at radius 1 is 1.12 bits per heavy atom. The van der Waals surface area contributed by atoms with E-state index in [1.54, 1.807) is 6.20 Å². The monoisotopic (exact) mass is 593 g/mol. The number of rotatable bonds is 11. The van der Waals surface area contributed by atoms with Gasteiger partial charge in [-0.05, 0) is 54.4 Å². The average Bonchev–Trinajstić information content (AvgIpc) is 3.49. The smallest absolute Gasteiger partial charge is 0.265 e. The fourth-order valence-electron chi connectivity index (χ4n) is 4.08. The summed E-state index contributed by atoms with van der Waals surface area (Å²) in [6.07, 6.45) is 3.65. The lowest BCUT2D eigenvalue weighted by molar-refractivity contribution is -0.114. The van der Waals surface area contributed by atoms with Crippen LogP contribution in [0, 0.1) is 6.92 Å². The molecule has 0 radical (unpaired) electrons. The van der Waals surface area contributed by atoms with Gasteiger partial charge >= 0.3 is 0 Å². The summed E-state index contributed by atoms with van der Waals surface area (Å²) < 4.78 is 8.24. The zero-order valence-electron chi connectivity index (χ0n) is 23.7. The molecule has 0 fully saturated rings. The summed E-state index contributed by atoms with van der Waals surface area (Å²) in [6.45, 7) is 11.4. The fourth-order valence-corrected chi connectivity index (χ4v) is 6.18. The third kappa shape index (κ3) is 7.48. The molecule has 0 spiro atoms. The zero-order valence-corrected chi connectivity index (χ0v) is 26.3. The van der Waals surface area contributed by atoms with Crippen LogP contribution in [0.1, 0.15) is 22.2 Å². The van der Waals surface area contributed by atoms with Gasteiger partial charge in [0.2, 0.25) is 5.91 Å². The second kappa shape index (κ2) is 12.9. The van der Waals surface area contributed by atoms with Crippen molar-refractivity contribution >= 4 is 54.5 Å². The van der Waals surface area contributed by atoms with Gasteiger partial charge in [0.25, 0.3) is 5.91 Å². The van der Waals surface area contributed by atoms with Crippen LogP contribution in [-0.2, 0) is 16.3 Å². The van der Waals surface area contributed by atoms with Crippen LogP contribution in [0.25, 0.3) is 22.5 Å². The second-order valence-corrected chi connectivity index (χ2v) is 18.0. The van der Waals surface area contributed by atoms with Crippen molar-refractivity contribution in [2.45, 2.75) is 51.4 Å². The molecule has 11 heteroatoms. The number of imidazole rings is 1. The van der Waals surface area contributed by atoms with Crippen molar-refractivity contribution in [2.75, 3.05) is 23.5 Å². The number of nitrogens with one attached hydrogen (secondary N) is 2. The molecule has 0 unspecified atom stereocenters. The van der Waals surface area contributed by atoms with Crippen molar-refractivity contribution in [3.05, 3.63) is 64.5 Å². The van der Waals surface area contributed by atoms with Crippen LogP contribution >= 0.6 is 23.1 Å². The van der Waals surface area contributed by atoms with Crippen LogP contribution in [0.3, 0.4) is 0 Å². The number of thioether (sulfide) groups is 1. The number of thiophene rings is 1. The largest absolute Gasteiger partial charge is 0.361 e. The van der Waals surface area contributed by atoms with Crippen molar-refractivity contribution < 1.29 is 14.3 Å². The van der Waals surface area contributed by atoms with Crippen LogP contribution < -0.4 is 10.6 Å². The maximum Gasteiger partial charge on any atom is 0.265 e. The Morgan fingerprint density at radius 2 is 1.90 bits per heavy atom. The summed E-state index contributed by atoms with van der Waals surface area (Å²) in [4.78, 5) is 34.9. The van der Waals surface area contributed by atoms with Gasteiger partial charge in [0, 0.05) is 38.9 Å². The van der Waals surface area contributed by atoms with Gasteiger partial charge in [-0.3, -0.25) is 14.2 Å². The summed E-state index contributed by atoms with van der Waals surface area (Å²) in [5.74, 6) is 0.0848. The molecule has 0 saturated heterocycles. The molecule has 0 atom stereocenters. The molecule has 1 aromatic carbocycles. The van der Waals surface area contributed by atoms with Gasteiger partial charge in [-0.25, -0.2) is 9.97 Å². The van der Waals surface area contributed by atoms with Gasteiger partial charge in [-0.1, -0.05) is 49.6 Å². The predicted molar refractivity (Wildman–Crippen MR) is 168 cm³/mol. The van der Waals surface area contributed by atoms with Gasteiger partial charge in [-0.2, -0.15) is 0 Å². The molecule has 0 aliphatic carbocycles. The van der Waals surface area contributed by atoms with Crippen LogP contribution in [0.15, 0.2) is 59.2 Å². The first kappa shape index (κ1) is 29.7. The maximum absolute atomic E-state index is 13.1. The number of carbonyl (C=O) groups excluding carboxylic acids is 2. The average molecular weight is 594 g/mol. The molecule has 8 nitrogen and oxygen atoms in total. The molecule has 40 heavy (non-hydrogen) atoms.